The predicted molar refractivity (Wildman–Crippen MR) is 106 cm³/mol. The topological polar surface area (TPSA) is 98.1 Å². The van der Waals surface area contributed by atoms with Crippen LogP contribution in [0.1, 0.15) is 18.0 Å². The molecule has 0 spiro atoms. The molecule has 2 N–H and O–H groups in total. The molecule has 29 heavy (non-hydrogen) atoms. The molecule has 1 atom stereocenters. The second-order valence-electron chi connectivity index (χ2n) is 6.33. The Bertz CT molecular complexity index is 1090. The van der Waals surface area contributed by atoms with Crippen LogP contribution in [0, 0.1) is 5.82 Å². The van der Waals surface area contributed by atoms with Gasteiger partial charge in [0.2, 0.25) is 11.9 Å². The highest BCUT2D eigenvalue weighted by molar-refractivity contribution is 9.10. The van der Waals surface area contributed by atoms with E-state index in [1.54, 1.807) is 28.9 Å². The number of rotatable bonds is 5. The van der Waals surface area contributed by atoms with Crippen molar-refractivity contribution in [1.29, 1.82) is 0 Å². The van der Waals surface area contributed by atoms with Gasteiger partial charge in [0.1, 0.15) is 17.9 Å². The smallest absolute Gasteiger partial charge is 0.262 e. The van der Waals surface area contributed by atoms with Gasteiger partial charge in [-0.05, 0) is 35.9 Å². The zero-order valence-electron chi connectivity index (χ0n) is 14.9. The van der Waals surface area contributed by atoms with Gasteiger partial charge in [-0.2, -0.15) is 10.1 Å². The van der Waals surface area contributed by atoms with Gasteiger partial charge in [0.15, 0.2) is 6.61 Å². The first kappa shape index (κ1) is 19.1. The Morgan fingerprint density at radius 2 is 2.21 bits per heavy atom. The van der Waals surface area contributed by atoms with Crippen LogP contribution in [0.3, 0.4) is 0 Å². The third kappa shape index (κ3) is 4.27. The van der Waals surface area contributed by atoms with Gasteiger partial charge in [-0.15, -0.1) is 0 Å². The molecular formula is C19H15BrFN5O3. The summed E-state index contributed by atoms with van der Waals surface area (Å²) in [6.45, 7) is -0.293. The minimum atomic E-state index is -0.547. The van der Waals surface area contributed by atoms with Gasteiger partial charge < -0.3 is 10.1 Å². The Morgan fingerprint density at radius 3 is 3.03 bits per heavy atom. The third-order valence-corrected chi connectivity index (χ3v) is 4.81. The molecule has 2 aromatic carbocycles. The Morgan fingerprint density at radius 1 is 1.34 bits per heavy atom. The van der Waals surface area contributed by atoms with E-state index in [9.17, 15) is 14.0 Å². The monoisotopic (exact) mass is 459 g/mol. The molecule has 0 unspecified atom stereocenters. The standard InChI is InChI=1S/C19H15BrFN5O3/c20-12-4-5-15(14(21)7-12)24-18(28)9-29-13-3-1-2-11(6-13)16-8-17(27)25-19-22-10-23-26(16)19/h1-7,10,16H,8-9H2,(H,24,28)(H,22,23,25,27)/t16-/m0/s1. The first-order valence-corrected chi connectivity index (χ1v) is 9.46. The van der Waals surface area contributed by atoms with Crippen molar-refractivity contribution in [3.8, 4) is 5.75 Å². The van der Waals surface area contributed by atoms with Crippen LogP contribution in [-0.2, 0) is 9.59 Å². The summed E-state index contributed by atoms with van der Waals surface area (Å²) in [6, 6.07) is 11.1. The van der Waals surface area contributed by atoms with Crippen molar-refractivity contribution in [3.63, 3.8) is 0 Å². The second-order valence-corrected chi connectivity index (χ2v) is 7.25. The Labute approximate surface area is 173 Å². The molecule has 148 valence electrons. The lowest BCUT2D eigenvalue weighted by Gasteiger charge is -2.24. The van der Waals surface area contributed by atoms with Crippen LogP contribution >= 0.6 is 15.9 Å². The lowest BCUT2D eigenvalue weighted by molar-refractivity contribution is -0.118. The normalized spacial score (nSPS) is 15.4. The molecule has 1 aromatic heterocycles. The van der Waals surface area contributed by atoms with Crippen LogP contribution in [0.25, 0.3) is 0 Å². The highest BCUT2D eigenvalue weighted by atomic mass is 79.9. The van der Waals surface area contributed by atoms with E-state index < -0.39 is 11.7 Å². The molecule has 0 saturated carbocycles. The molecule has 2 amide bonds. The Balaban J connectivity index is 1.43. The average Bonchev–Trinajstić information content (AvgIpc) is 3.16. The Kier molecular flexibility index (Phi) is 5.26. The SMILES string of the molecule is O=C(COc1cccc([C@@H]2CC(=O)Nc3ncnn32)c1)Nc1ccc(Br)cc1F. The van der Waals surface area contributed by atoms with Crippen molar-refractivity contribution in [2.24, 2.45) is 0 Å². The van der Waals surface area contributed by atoms with E-state index in [1.165, 1.54) is 18.5 Å². The molecule has 1 aliphatic heterocycles. The van der Waals surface area contributed by atoms with Crippen LogP contribution in [-0.4, -0.2) is 33.2 Å². The van der Waals surface area contributed by atoms with Gasteiger partial charge in [-0.25, -0.2) is 9.07 Å². The van der Waals surface area contributed by atoms with Crippen molar-refractivity contribution in [3.05, 3.63) is 64.6 Å². The highest BCUT2D eigenvalue weighted by Gasteiger charge is 2.27. The number of anilines is 2. The summed E-state index contributed by atoms with van der Waals surface area (Å²) in [4.78, 5) is 28.0. The molecule has 4 rings (SSSR count). The molecular weight excluding hydrogens is 445 g/mol. The number of carbonyl (C=O) groups excluding carboxylic acids is 2. The van der Waals surface area contributed by atoms with E-state index in [0.29, 0.717) is 16.2 Å². The van der Waals surface area contributed by atoms with Gasteiger partial charge in [0, 0.05) is 4.47 Å². The summed E-state index contributed by atoms with van der Waals surface area (Å²) in [5.41, 5.74) is 0.867. The summed E-state index contributed by atoms with van der Waals surface area (Å²) < 4.78 is 21.6. The maximum absolute atomic E-state index is 13.8. The lowest BCUT2D eigenvalue weighted by Crippen LogP contribution is -2.29. The highest BCUT2D eigenvalue weighted by Crippen LogP contribution is 2.30. The van der Waals surface area contributed by atoms with Crippen LogP contribution in [0.4, 0.5) is 16.0 Å². The van der Waals surface area contributed by atoms with Crippen molar-refractivity contribution in [1.82, 2.24) is 14.8 Å². The number of hydrogen-bond donors (Lipinski definition) is 2. The maximum atomic E-state index is 13.8. The number of benzene rings is 2. The van der Waals surface area contributed by atoms with Gasteiger partial charge in [-0.1, -0.05) is 28.1 Å². The summed E-state index contributed by atoms with van der Waals surface area (Å²) >= 11 is 3.16. The summed E-state index contributed by atoms with van der Waals surface area (Å²) in [7, 11) is 0. The quantitative estimate of drug-likeness (QED) is 0.610. The molecule has 0 saturated heterocycles. The number of aromatic nitrogens is 3. The Hall–Kier alpha value is -3.27. The second kappa shape index (κ2) is 8.00. The number of halogens is 2. The number of ether oxygens (including phenoxy) is 1. The number of nitrogens with zero attached hydrogens (tertiary/aromatic N) is 3. The largest absolute Gasteiger partial charge is 0.484 e. The average molecular weight is 460 g/mol. The predicted octanol–water partition coefficient (Wildman–Crippen LogP) is 3.13. The maximum Gasteiger partial charge on any atom is 0.262 e. The van der Waals surface area contributed by atoms with Gasteiger partial charge in [0.25, 0.3) is 5.91 Å². The fourth-order valence-electron chi connectivity index (χ4n) is 3.00. The van der Waals surface area contributed by atoms with E-state index in [-0.39, 0.29) is 30.7 Å². The fraction of sp³-hybridized carbons (Fsp3) is 0.158. The van der Waals surface area contributed by atoms with Gasteiger partial charge in [-0.3, -0.25) is 14.9 Å². The summed E-state index contributed by atoms with van der Waals surface area (Å²) in [5.74, 6) is -0.367. The minimum absolute atomic E-state index is 0.0717. The van der Waals surface area contributed by atoms with Gasteiger partial charge in [0.05, 0.1) is 18.2 Å². The van der Waals surface area contributed by atoms with Crippen molar-refractivity contribution in [2.75, 3.05) is 17.2 Å². The first-order chi connectivity index (χ1) is 14.0. The first-order valence-electron chi connectivity index (χ1n) is 8.66. The molecule has 0 aliphatic carbocycles. The fourth-order valence-corrected chi connectivity index (χ4v) is 3.34. The molecule has 10 heteroatoms. The van der Waals surface area contributed by atoms with E-state index >= 15 is 0 Å². The van der Waals surface area contributed by atoms with E-state index in [2.05, 4.69) is 36.6 Å². The molecule has 3 aromatic rings. The number of amides is 2. The van der Waals surface area contributed by atoms with E-state index in [0.717, 1.165) is 5.56 Å². The number of nitrogens with one attached hydrogen (secondary N) is 2. The van der Waals surface area contributed by atoms with Crippen molar-refractivity contribution in [2.45, 2.75) is 12.5 Å². The molecule has 0 bridgehead atoms. The molecule has 2 heterocycles. The van der Waals surface area contributed by atoms with Gasteiger partial charge >= 0.3 is 0 Å². The molecule has 0 radical (unpaired) electrons. The minimum Gasteiger partial charge on any atom is -0.484 e. The van der Waals surface area contributed by atoms with Crippen LogP contribution in [0.15, 0.2) is 53.3 Å². The number of fused-ring (bicyclic) bond motifs is 1. The van der Waals surface area contributed by atoms with E-state index in [4.69, 9.17) is 4.74 Å². The van der Waals surface area contributed by atoms with Crippen LogP contribution < -0.4 is 15.4 Å². The number of hydrogen-bond acceptors (Lipinski definition) is 5. The lowest BCUT2D eigenvalue weighted by atomic mass is 10.0. The summed E-state index contributed by atoms with van der Waals surface area (Å²) in [5, 5.41) is 9.29. The van der Waals surface area contributed by atoms with Crippen molar-refractivity contribution < 1.29 is 18.7 Å². The number of carbonyl (C=O) groups is 2. The van der Waals surface area contributed by atoms with Crippen molar-refractivity contribution >= 4 is 39.4 Å². The summed E-state index contributed by atoms with van der Waals surface area (Å²) in [6.07, 6.45) is 1.59. The van der Waals surface area contributed by atoms with Crippen LogP contribution in [0.5, 0.6) is 5.75 Å². The zero-order valence-corrected chi connectivity index (χ0v) is 16.5. The molecule has 0 fully saturated rings. The van der Waals surface area contributed by atoms with Crippen LogP contribution in [0.2, 0.25) is 0 Å². The molecule has 1 aliphatic rings. The zero-order chi connectivity index (χ0) is 20.4. The molecule has 8 nitrogen and oxygen atoms in total. The third-order valence-electron chi connectivity index (χ3n) is 4.32. The van der Waals surface area contributed by atoms with E-state index in [1.807, 2.05) is 6.07 Å².